The molecule has 1 heterocycles. The van der Waals surface area contributed by atoms with Crippen LogP contribution >= 0.6 is 0 Å². The minimum atomic E-state index is -1.02. The zero-order valence-electron chi connectivity index (χ0n) is 43.2. The largest absolute Gasteiger partial charge is 0.492 e. The van der Waals surface area contributed by atoms with Gasteiger partial charge >= 0.3 is 30.5 Å². The molecule has 1 aliphatic heterocycles. The summed E-state index contributed by atoms with van der Waals surface area (Å²) in [6.07, 6.45) is 0.780. The lowest BCUT2D eigenvalue weighted by Crippen LogP contribution is -2.53. The normalized spacial score (nSPS) is 13.6. The molecule has 67 heavy (non-hydrogen) atoms. The van der Waals surface area contributed by atoms with Crippen molar-refractivity contribution < 1.29 is 52.4 Å². The summed E-state index contributed by atoms with van der Waals surface area (Å²) in [6, 6.07) is 7.48. The number of unbranched alkanes of at least 4 members (excludes halogenated alkanes) is 5. The lowest BCUT2D eigenvalue weighted by atomic mass is 10.1. The van der Waals surface area contributed by atoms with Gasteiger partial charge in [0.05, 0.1) is 6.54 Å². The predicted octanol–water partition coefficient (Wildman–Crippen LogP) is 9.66. The first-order valence-corrected chi connectivity index (χ1v) is 23.2. The van der Waals surface area contributed by atoms with Crippen molar-refractivity contribution in [2.75, 3.05) is 46.4 Å². The van der Waals surface area contributed by atoms with Gasteiger partial charge in [0.25, 0.3) is 0 Å². The molecule has 0 radical (unpaired) electrons. The van der Waals surface area contributed by atoms with E-state index in [0.717, 1.165) is 55.1 Å². The molecule has 19 nitrogen and oxygen atoms in total. The van der Waals surface area contributed by atoms with Crippen LogP contribution in [-0.2, 0) is 23.7 Å². The van der Waals surface area contributed by atoms with Gasteiger partial charge in [0, 0.05) is 38.8 Å². The summed E-state index contributed by atoms with van der Waals surface area (Å²) in [6.45, 7) is 27.4. The molecule has 1 aromatic carbocycles. The fourth-order valence-corrected chi connectivity index (χ4v) is 5.99. The van der Waals surface area contributed by atoms with E-state index in [9.17, 15) is 24.0 Å². The maximum atomic E-state index is 14.1. The van der Waals surface area contributed by atoms with Crippen LogP contribution in [0.15, 0.2) is 39.2 Å². The Labute approximate surface area is 398 Å². The van der Waals surface area contributed by atoms with E-state index in [4.69, 9.17) is 28.4 Å². The molecular weight excluding hydrogens is 865 g/mol. The first kappa shape index (κ1) is 57.5. The van der Waals surface area contributed by atoms with Crippen molar-refractivity contribution in [2.45, 2.75) is 177 Å². The van der Waals surface area contributed by atoms with Crippen LogP contribution in [-0.4, -0.2) is 137 Å². The number of alkyl carbamates (subject to hydrolysis) is 2. The molecule has 2 N–H and O–H groups in total. The Morgan fingerprint density at radius 1 is 0.627 bits per heavy atom. The van der Waals surface area contributed by atoms with Gasteiger partial charge < -0.3 is 33.3 Å². The minimum Gasteiger partial charge on any atom is -0.492 e. The molecule has 2 rings (SSSR count). The zero-order chi connectivity index (χ0) is 50.8. The Morgan fingerprint density at radius 2 is 1.09 bits per heavy atom. The van der Waals surface area contributed by atoms with Crippen molar-refractivity contribution in [2.24, 2.45) is 15.0 Å². The third-order valence-electron chi connectivity index (χ3n) is 8.56. The Morgan fingerprint density at radius 3 is 1.57 bits per heavy atom. The third-order valence-corrected chi connectivity index (χ3v) is 8.56. The highest BCUT2D eigenvalue weighted by molar-refractivity contribution is 6.05. The summed E-state index contributed by atoms with van der Waals surface area (Å²) in [7, 11) is 2.01. The molecule has 0 aromatic heterocycles. The first-order chi connectivity index (χ1) is 30.8. The van der Waals surface area contributed by atoms with Crippen LogP contribution in [0.25, 0.3) is 0 Å². The van der Waals surface area contributed by atoms with E-state index >= 15 is 0 Å². The van der Waals surface area contributed by atoms with Crippen molar-refractivity contribution in [3.8, 4) is 5.75 Å². The molecule has 0 unspecified atom stereocenters. The van der Waals surface area contributed by atoms with Crippen molar-refractivity contribution in [1.82, 2.24) is 25.3 Å². The second kappa shape index (κ2) is 25.5. The van der Waals surface area contributed by atoms with Crippen LogP contribution in [0.4, 0.5) is 24.0 Å². The van der Waals surface area contributed by atoms with Crippen molar-refractivity contribution in [3.05, 3.63) is 29.8 Å². The van der Waals surface area contributed by atoms with Gasteiger partial charge in [0.15, 0.2) is 0 Å². The van der Waals surface area contributed by atoms with Gasteiger partial charge in [-0.15, -0.1) is 4.99 Å². The maximum Gasteiger partial charge on any atom is 0.437 e. The molecule has 19 heteroatoms. The summed E-state index contributed by atoms with van der Waals surface area (Å²) in [5.41, 5.74) is -3.41. The number of hydrogen-bond acceptors (Lipinski definition) is 14. The second-order valence-electron chi connectivity index (χ2n) is 21.1. The highest BCUT2D eigenvalue weighted by Crippen LogP contribution is 2.20. The quantitative estimate of drug-likeness (QED) is 0.0773. The summed E-state index contributed by atoms with van der Waals surface area (Å²) in [5.74, 6) is 1.02. The molecular formula is C48H80N8O11. The average Bonchev–Trinajstić information content (AvgIpc) is 3.13. The molecule has 0 saturated heterocycles. The number of ether oxygens (including phenoxy) is 6. The third kappa shape index (κ3) is 25.2. The lowest BCUT2D eigenvalue weighted by Gasteiger charge is -2.34. The van der Waals surface area contributed by atoms with E-state index in [1.807, 2.05) is 31.3 Å². The number of benzene rings is 1. The van der Waals surface area contributed by atoms with Gasteiger partial charge in [-0.3, -0.25) is 20.6 Å². The van der Waals surface area contributed by atoms with E-state index < -0.39 is 58.5 Å². The number of nitrogens with zero attached hydrogens (tertiary/aromatic N) is 6. The van der Waals surface area contributed by atoms with Crippen LogP contribution in [0.5, 0.6) is 5.75 Å². The van der Waals surface area contributed by atoms with E-state index in [1.165, 1.54) is 4.90 Å². The molecule has 0 atom stereocenters. The van der Waals surface area contributed by atoms with Crippen molar-refractivity contribution in [3.63, 3.8) is 0 Å². The summed E-state index contributed by atoms with van der Waals surface area (Å²) >= 11 is 0. The van der Waals surface area contributed by atoms with Crippen LogP contribution < -0.4 is 15.4 Å². The predicted molar refractivity (Wildman–Crippen MR) is 259 cm³/mol. The Balaban J connectivity index is 2.31. The Bertz CT molecular complexity index is 1850. The number of hydrogen-bond donors (Lipinski definition) is 2. The smallest absolute Gasteiger partial charge is 0.437 e. The molecule has 1 aliphatic rings. The van der Waals surface area contributed by atoms with Gasteiger partial charge in [-0.1, -0.05) is 25.7 Å². The maximum absolute atomic E-state index is 14.1. The average molecular weight is 945 g/mol. The molecule has 5 amide bonds. The number of carbonyl (C=O) groups is 5. The van der Waals surface area contributed by atoms with Crippen LogP contribution in [0.3, 0.4) is 0 Å². The molecule has 0 saturated carbocycles. The molecule has 0 aliphatic carbocycles. The van der Waals surface area contributed by atoms with Gasteiger partial charge in [-0.25, -0.2) is 33.8 Å². The van der Waals surface area contributed by atoms with Crippen LogP contribution in [0.2, 0.25) is 0 Å². The highest BCUT2D eigenvalue weighted by atomic mass is 16.6. The highest BCUT2D eigenvalue weighted by Gasteiger charge is 2.36. The lowest BCUT2D eigenvalue weighted by molar-refractivity contribution is 0.0259. The SMILES string of the molecule is CN1CCCN=C1c1ccc(OCCN(C(=O)OC(C)(C)C)C(=NC(=O)OC(C)(C)C)N(CCCCCCCCN=C(NC(=O)OC(C)(C)C)NC(=O)OC(C)(C)C)C(=O)OC(C)(C)C)cc1. The van der Waals surface area contributed by atoms with E-state index in [-0.39, 0.29) is 31.6 Å². The number of guanidine groups is 2. The van der Waals surface area contributed by atoms with E-state index in [1.54, 1.807) is 104 Å². The molecule has 378 valence electrons. The van der Waals surface area contributed by atoms with Crippen LogP contribution in [0.1, 0.15) is 154 Å². The fourth-order valence-electron chi connectivity index (χ4n) is 5.99. The number of amidine groups is 1. The first-order valence-electron chi connectivity index (χ1n) is 23.2. The molecule has 0 spiro atoms. The van der Waals surface area contributed by atoms with Crippen molar-refractivity contribution >= 4 is 48.2 Å². The summed E-state index contributed by atoms with van der Waals surface area (Å²) in [5, 5.41) is 4.97. The van der Waals surface area contributed by atoms with E-state index in [0.29, 0.717) is 31.6 Å². The summed E-state index contributed by atoms with van der Waals surface area (Å²) in [4.78, 5) is 84.2. The number of rotatable bonds is 14. The molecule has 1 aromatic rings. The molecule has 0 bridgehead atoms. The number of carbonyl (C=O) groups excluding carboxylic acids is 5. The standard InChI is InChI=1S/C48H80N8O11/c1-44(2,3)63-39(57)51-37(52-40(58)64-45(4,5)6)50-28-21-19-17-18-20-22-31-55(42(60)66-47(10,11)12)38(53-41(59)65-46(7,8)9)56(43(61)67-48(13,14)15)32-33-62-35-26-24-34(25-27-35)36-49-29-23-30-54(36)16/h24-27H,17-23,28-33H2,1-16H3,(H2,50,51,52,57,58). The molecule has 0 fully saturated rings. The topological polar surface area (TPSA) is 212 Å². The van der Waals surface area contributed by atoms with E-state index in [2.05, 4.69) is 30.5 Å². The van der Waals surface area contributed by atoms with Gasteiger partial charge in [-0.05, 0) is 147 Å². The fraction of sp³-hybridized carbons (Fsp3) is 0.708. The second-order valence-corrected chi connectivity index (χ2v) is 21.1. The Hall–Kier alpha value is -5.62. The van der Waals surface area contributed by atoms with Gasteiger partial charge in [0.1, 0.15) is 46.2 Å². The zero-order valence-corrected chi connectivity index (χ0v) is 43.2. The van der Waals surface area contributed by atoms with Gasteiger partial charge in [0.2, 0.25) is 11.9 Å². The number of nitrogens with one attached hydrogen (secondary N) is 2. The van der Waals surface area contributed by atoms with Crippen LogP contribution in [0, 0.1) is 0 Å². The number of aliphatic imine (C=N–C) groups is 3. The van der Waals surface area contributed by atoms with Gasteiger partial charge in [-0.2, -0.15) is 0 Å². The van der Waals surface area contributed by atoms with Crippen molar-refractivity contribution in [1.29, 1.82) is 0 Å². The monoisotopic (exact) mass is 945 g/mol. The minimum absolute atomic E-state index is 0.0246. The Kier molecular flexibility index (Phi) is 21.9. The number of amides is 5. The summed E-state index contributed by atoms with van der Waals surface area (Å²) < 4.78 is 33.9.